The summed E-state index contributed by atoms with van der Waals surface area (Å²) in [5, 5.41) is 8.89. The number of aromatic carboxylic acids is 1. The highest BCUT2D eigenvalue weighted by atomic mass is 19.1. The fourth-order valence-electron chi connectivity index (χ4n) is 2.18. The fourth-order valence-corrected chi connectivity index (χ4v) is 2.18. The molecule has 0 aliphatic heterocycles. The first-order chi connectivity index (χ1) is 8.58. The van der Waals surface area contributed by atoms with Crippen LogP contribution in [0, 0.1) is 5.82 Å². The van der Waals surface area contributed by atoms with E-state index in [-0.39, 0.29) is 16.9 Å². The van der Waals surface area contributed by atoms with Gasteiger partial charge in [0.1, 0.15) is 5.82 Å². The van der Waals surface area contributed by atoms with Gasteiger partial charge in [-0.15, -0.1) is 0 Å². The molecule has 0 bridgehead atoms. The van der Waals surface area contributed by atoms with E-state index in [4.69, 9.17) is 5.11 Å². The van der Waals surface area contributed by atoms with Gasteiger partial charge in [-0.1, -0.05) is 12.1 Å². The van der Waals surface area contributed by atoms with Gasteiger partial charge >= 0.3 is 5.97 Å². The van der Waals surface area contributed by atoms with Crippen molar-refractivity contribution >= 4 is 11.8 Å². The molecule has 0 spiro atoms. The van der Waals surface area contributed by atoms with Crippen LogP contribution in [0.4, 0.5) is 4.39 Å². The summed E-state index contributed by atoms with van der Waals surface area (Å²) in [6.07, 6.45) is 0. The van der Waals surface area contributed by atoms with Gasteiger partial charge in [0.15, 0.2) is 5.78 Å². The Morgan fingerprint density at radius 2 is 1.56 bits per heavy atom. The molecule has 1 N–H and O–H groups in total. The van der Waals surface area contributed by atoms with Gasteiger partial charge in [0.25, 0.3) is 0 Å². The van der Waals surface area contributed by atoms with E-state index in [9.17, 15) is 14.0 Å². The van der Waals surface area contributed by atoms with E-state index in [2.05, 4.69) is 0 Å². The van der Waals surface area contributed by atoms with Crippen LogP contribution in [0.2, 0.25) is 0 Å². The van der Waals surface area contributed by atoms with Crippen molar-refractivity contribution in [1.82, 2.24) is 0 Å². The van der Waals surface area contributed by atoms with Crippen molar-refractivity contribution in [2.45, 2.75) is 0 Å². The van der Waals surface area contributed by atoms with Gasteiger partial charge in [-0.25, -0.2) is 9.18 Å². The van der Waals surface area contributed by atoms with Crippen LogP contribution in [-0.2, 0) is 0 Å². The standard InChI is InChI=1S/C14H7FO3/c15-8-2-4-10-9-3-1-7(14(17)18)5-11(9)13(16)12(10)6-8/h1-6H,(H,17,18). The number of hydrogen-bond donors (Lipinski definition) is 1. The topological polar surface area (TPSA) is 54.4 Å². The lowest BCUT2D eigenvalue weighted by molar-refractivity contribution is 0.0697. The lowest BCUT2D eigenvalue weighted by Gasteiger charge is -2.00. The minimum absolute atomic E-state index is 0.0513. The molecule has 0 fully saturated rings. The molecule has 2 aromatic rings. The summed E-state index contributed by atoms with van der Waals surface area (Å²) in [5.41, 5.74) is 1.95. The summed E-state index contributed by atoms with van der Waals surface area (Å²) in [7, 11) is 0. The second kappa shape index (κ2) is 3.50. The average Bonchev–Trinajstić information content (AvgIpc) is 2.62. The molecule has 4 heteroatoms. The zero-order valence-corrected chi connectivity index (χ0v) is 9.11. The Labute approximate surface area is 101 Å². The molecule has 0 saturated carbocycles. The molecule has 0 heterocycles. The van der Waals surface area contributed by atoms with Crippen molar-refractivity contribution in [2.24, 2.45) is 0 Å². The Kier molecular flexibility index (Phi) is 2.07. The van der Waals surface area contributed by atoms with Crippen LogP contribution in [0.1, 0.15) is 26.3 Å². The Morgan fingerprint density at radius 3 is 2.22 bits per heavy atom. The Balaban J connectivity index is 2.26. The number of carboxylic acids is 1. The summed E-state index contributed by atoms with van der Waals surface area (Å²) in [4.78, 5) is 22.9. The Bertz CT molecular complexity index is 704. The molecule has 3 rings (SSSR count). The van der Waals surface area contributed by atoms with E-state index in [1.807, 2.05) is 0 Å². The second-order valence-corrected chi connectivity index (χ2v) is 4.08. The zero-order chi connectivity index (χ0) is 12.9. The average molecular weight is 242 g/mol. The van der Waals surface area contributed by atoms with E-state index in [1.165, 1.54) is 30.3 Å². The summed E-state index contributed by atoms with van der Waals surface area (Å²) >= 11 is 0. The van der Waals surface area contributed by atoms with Crippen molar-refractivity contribution in [1.29, 1.82) is 0 Å². The molecule has 0 radical (unpaired) electrons. The number of benzene rings is 2. The number of carboxylic acid groups (broad SMARTS) is 1. The summed E-state index contributed by atoms with van der Waals surface area (Å²) in [6.45, 7) is 0. The summed E-state index contributed by atoms with van der Waals surface area (Å²) < 4.78 is 13.1. The molecule has 0 aromatic heterocycles. The summed E-state index contributed by atoms with van der Waals surface area (Å²) in [6, 6.07) is 8.35. The van der Waals surface area contributed by atoms with E-state index in [0.717, 1.165) is 0 Å². The highest BCUT2D eigenvalue weighted by molar-refractivity contribution is 6.22. The van der Waals surface area contributed by atoms with E-state index >= 15 is 0 Å². The van der Waals surface area contributed by atoms with Gasteiger partial charge in [-0.3, -0.25) is 4.79 Å². The maximum Gasteiger partial charge on any atom is 0.335 e. The molecule has 1 aliphatic rings. The molecular formula is C14H7FO3. The molecule has 18 heavy (non-hydrogen) atoms. The van der Waals surface area contributed by atoms with Gasteiger partial charge in [-0.05, 0) is 35.4 Å². The first-order valence-electron chi connectivity index (χ1n) is 5.30. The monoisotopic (exact) mass is 242 g/mol. The highest BCUT2D eigenvalue weighted by Gasteiger charge is 2.27. The largest absolute Gasteiger partial charge is 0.478 e. The molecule has 0 atom stereocenters. The first-order valence-corrected chi connectivity index (χ1v) is 5.30. The van der Waals surface area contributed by atoms with Gasteiger partial charge in [0.05, 0.1) is 5.56 Å². The fraction of sp³-hybridized carbons (Fsp3) is 0. The molecule has 3 nitrogen and oxygen atoms in total. The number of fused-ring (bicyclic) bond motifs is 3. The molecule has 88 valence electrons. The molecule has 2 aromatic carbocycles. The van der Waals surface area contributed by atoms with E-state index in [0.29, 0.717) is 16.7 Å². The van der Waals surface area contributed by atoms with Crippen LogP contribution >= 0.6 is 0 Å². The molecule has 0 saturated heterocycles. The third kappa shape index (κ3) is 1.35. The number of hydrogen-bond acceptors (Lipinski definition) is 2. The van der Waals surface area contributed by atoms with Gasteiger partial charge in [0, 0.05) is 11.1 Å². The van der Waals surface area contributed by atoms with Crippen LogP contribution in [0.25, 0.3) is 11.1 Å². The SMILES string of the molecule is O=C(O)c1ccc2c(c1)C(=O)c1cc(F)ccc1-2. The predicted molar refractivity (Wildman–Crippen MR) is 62.2 cm³/mol. The van der Waals surface area contributed by atoms with Crippen molar-refractivity contribution in [3.63, 3.8) is 0 Å². The third-order valence-corrected chi connectivity index (χ3v) is 3.03. The smallest absolute Gasteiger partial charge is 0.335 e. The van der Waals surface area contributed by atoms with Crippen LogP contribution < -0.4 is 0 Å². The molecular weight excluding hydrogens is 235 g/mol. The lowest BCUT2D eigenvalue weighted by Crippen LogP contribution is -2.00. The minimum atomic E-state index is -1.09. The van der Waals surface area contributed by atoms with Crippen LogP contribution in [0.5, 0.6) is 0 Å². The molecule has 1 aliphatic carbocycles. The maximum atomic E-state index is 13.1. The van der Waals surface area contributed by atoms with Crippen molar-refractivity contribution in [3.8, 4) is 11.1 Å². The van der Waals surface area contributed by atoms with Crippen LogP contribution in [0.15, 0.2) is 36.4 Å². The van der Waals surface area contributed by atoms with Crippen LogP contribution in [0.3, 0.4) is 0 Å². The minimum Gasteiger partial charge on any atom is -0.478 e. The number of carbonyl (C=O) groups excluding carboxylic acids is 1. The lowest BCUT2D eigenvalue weighted by atomic mass is 10.0. The number of halogens is 1. The molecule has 0 amide bonds. The van der Waals surface area contributed by atoms with Gasteiger partial charge < -0.3 is 5.11 Å². The van der Waals surface area contributed by atoms with Crippen molar-refractivity contribution < 1.29 is 19.1 Å². The summed E-state index contributed by atoms with van der Waals surface area (Å²) in [5.74, 6) is -1.90. The number of ketones is 1. The zero-order valence-electron chi connectivity index (χ0n) is 9.11. The van der Waals surface area contributed by atoms with Crippen LogP contribution in [-0.4, -0.2) is 16.9 Å². The quantitative estimate of drug-likeness (QED) is 0.713. The third-order valence-electron chi connectivity index (χ3n) is 3.03. The number of rotatable bonds is 1. The Hall–Kier alpha value is -2.49. The molecule has 0 unspecified atom stereocenters. The maximum absolute atomic E-state index is 13.1. The predicted octanol–water partition coefficient (Wildman–Crippen LogP) is 2.74. The van der Waals surface area contributed by atoms with Gasteiger partial charge in [-0.2, -0.15) is 0 Å². The normalized spacial score (nSPS) is 12.2. The number of carbonyl (C=O) groups is 2. The first kappa shape index (κ1) is 10.7. The van der Waals surface area contributed by atoms with Crippen molar-refractivity contribution in [2.75, 3.05) is 0 Å². The van der Waals surface area contributed by atoms with E-state index < -0.39 is 11.8 Å². The van der Waals surface area contributed by atoms with E-state index in [1.54, 1.807) is 6.07 Å². The van der Waals surface area contributed by atoms with Gasteiger partial charge in [0.2, 0.25) is 0 Å². The highest BCUT2D eigenvalue weighted by Crippen LogP contribution is 2.37. The Morgan fingerprint density at radius 1 is 0.944 bits per heavy atom. The second-order valence-electron chi connectivity index (χ2n) is 4.08. The van der Waals surface area contributed by atoms with Crippen molar-refractivity contribution in [3.05, 3.63) is 58.9 Å².